The molecular weight excluding hydrogens is 572 g/mol. The topological polar surface area (TPSA) is 107 Å². The molecule has 1 saturated heterocycles. The van der Waals surface area contributed by atoms with E-state index in [1.807, 2.05) is 34.6 Å². The minimum absolute atomic E-state index is 0.0454. The highest BCUT2D eigenvalue weighted by Gasteiger charge is 2.54. The molecule has 240 valence electrons. The number of carbonyl (C=O) groups is 3. The lowest BCUT2D eigenvalue weighted by Gasteiger charge is -2.35. The normalized spacial score (nSPS) is 31.0. The van der Waals surface area contributed by atoms with Crippen LogP contribution in [-0.2, 0) is 20.2 Å². The van der Waals surface area contributed by atoms with Crippen LogP contribution in [0.5, 0.6) is 11.6 Å². The zero-order chi connectivity index (χ0) is 32.0. The highest BCUT2D eigenvalue weighted by molar-refractivity contribution is 5.89. The second kappa shape index (κ2) is 11.8. The van der Waals surface area contributed by atoms with Gasteiger partial charge in [0.05, 0.1) is 30.3 Å². The van der Waals surface area contributed by atoms with Crippen molar-refractivity contribution < 1.29 is 37.4 Å². The van der Waals surface area contributed by atoms with Crippen LogP contribution in [0.2, 0.25) is 0 Å². The molecule has 9 nitrogen and oxygen atoms in total. The monoisotopic (exact) mass is 615 g/mol. The fourth-order valence-corrected chi connectivity index (χ4v) is 6.45. The second-order valence-electron chi connectivity index (χ2n) is 13.8. The molecule has 0 radical (unpaired) electrons. The van der Waals surface area contributed by atoms with Gasteiger partial charge in [-0.25, -0.2) is 18.6 Å². The number of aromatic nitrogens is 1. The predicted octanol–water partition coefficient (Wildman–Crippen LogP) is 6.01. The van der Waals surface area contributed by atoms with Gasteiger partial charge in [-0.1, -0.05) is 34.1 Å². The number of pyridine rings is 1. The van der Waals surface area contributed by atoms with E-state index < -0.39 is 59.5 Å². The van der Waals surface area contributed by atoms with E-state index in [0.717, 1.165) is 0 Å². The van der Waals surface area contributed by atoms with Crippen LogP contribution < -0.4 is 14.8 Å². The zero-order valence-corrected chi connectivity index (χ0v) is 26.3. The number of hydrogen-bond acceptors (Lipinski definition) is 7. The molecule has 6 atom stereocenters. The van der Waals surface area contributed by atoms with Gasteiger partial charge in [-0.3, -0.25) is 4.79 Å². The summed E-state index contributed by atoms with van der Waals surface area (Å²) in [6, 6.07) is 4.62. The largest absolute Gasteiger partial charge is 0.494 e. The first kappa shape index (κ1) is 31.9. The molecule has 5 rings (SSSR count). The summed E-state index contributed by atoms with van der Waals surface area (Å²) < 4.78 is 49.6. The van der Waals surface area contributed by atoms with Gasteiger partial charge in [0.1, 0.15) is 29.8 Å². The maximum Gasteiger partial charge on any atom is 0.408 e. The first-order valence-corrected chi connectivity index (χ1v) is 15.5. The number of hydrogen-bond donors (Lipinski definition) is 1. The van der Waals surface area contributed by atoms with Crippen molar-refractivity contribution in [3.63, 3.8) is 0 Å². The Kier molecular flexibility index (Phi) is 8.54. The Morgan fingerprint density at radius 2 is 1.95 bits per heavy atom. The Morgan fingerprint density at radius 3 is 2.64 bits per heavy atom. The van der Waals surface area contributed by atoms with Crippen LogP contribution in [0.15, 0.2) is 24.3 Å². The quantitative estimate of drug-likeness (QED) is 0.422. The molecule has 1 aromatic heterocycles. The molecule has 1 aliphatic carbocycles. The van der Waals surface area contributed by atoms with Crippen LogP contribution in [-0.4, -0.2) is 65.1 Å². The third-order valence-corrected chi connectivity index (χ3v) is 9.36. The van der Waals surface area contributed by atoms with Crippen LogP contribution in [0.1, 0.15) is 79.2 Å². The molecule has 1 aromatic carbocycles. The van der Waals surface area contributed by atoms with Crippen LogP contribution >= 0.6 is 0 Å². The summed E-state index contributed by atoms with van der Waals surface area (Å²) in [5.41, 5.74) is -1.33. The van der Waals surface area contributed by atoms with Crippen molar-refractivity contribution in [2.75, 3.05) is 13.2 Å². The van der Waals surface area contributed by atoms with Crippen molar-refractivity contribution >= 4 is 29.2 Å². The average molecular weight is 616 g/mol. The third kappa shape index (κ3) is 6.33. The highest BCUT2D eigenvalue weighted by Crippen LogP contribution is 2.50. The van der Waals surface area contributed by atoms with E-state index in [-0.39, 0.29) is 30.3 Å². The zero-order valence-electron chi connectivity index (χ0n) is 26.3. The Labute approximate surface area is 257 Å². The summed E-state index contributed by atoms with van der Waals surface area (Å²) in [6.45, 7) is 11.3. The Morgan fingerprint density at radius 1 is 1.20 bits per heavy atom. The Balaban J connectivity index is 1.56. The lowest BCUT2D eigenvalue weighted by atomic mass is 9.85. The van der Waals surface area contributed by atoms with Gasteiger partial charge >= 0.3 is 6.09 Å². The number of halogens is 2. The van der Waals surface area contributed by atoms with Crippen molar-refractivity contribution in [1.82, 2.24) is 15.2 Å². The molecule has 1 N–H and O–H groups in total. The Bertz CT molecular complexity index is 1430. The van der Waals surface area contributed by atoms with Gasteiger partial charge in [0.15, 0.2) is 0 Å². The average Bonchev–Trinajstić information content (AvgIpc) is 3.47. The maximum atomic E-state index is 16.0. The van der Waals surface area contributed by atoms with Crippen molar-refractivity contribution in [1.29, 1.82) is 0 Å². The van der Waals surface area contributed by atoms with E-state index in [2.05, 4.69) is 10.3 Å². The first-order chi connectivity index (χ1) is 20.7. The molecular formula is C33H43F2N3O6. The molecule has 2 aromatic rings. The molecule has 3 aliphatic rings. The minimum Gasteiger partial charge on any atom is -0.494 e. The number of alkyl halides is 2. The number of fused-ring (bicyclic) bond motifs is 5. The predicted molar refractivity (Wildman–Crippen MR) is 160 cm³/mol. The Hall–Kier alpha value is -3.50. The fourth-order valence-electron chi connectivity index (χ4n) is 6.45. The molecule has 2 bridgehead atoms. The van der Waals surface area contributed by atoms with Crippen molar-refractivity contribution in [3.05, 3.63) is 29.8 Å². The summed E-state index contributed by atoms with van der Waals surface area (Å²) >= 11 is 0. The summed E-state index contributed by atoms with van der Waals surface area (Å²) in [6.07, 6.45) is 0.793. The number of nitrogens with one attached hydrogen (secondary N) is 1. The molecule has 0 spiro atoms. The number of aldehydes is 1. The van der Waals surface area contributed by atoms with E-state index in [1.54, 1.807) is 25.1 Å². The summed E-state index contributed by atoms with van der Waals surface area (Å²) in [7, 11) is 0. The van der Waals surface area contributed by atoms with Gasteiger partial charge in [0, 0.05) is 29.7 Å². The van der Waals surface area contributed by atoms with Gasteiger partial charge in [-0.05, 0) is 56.7 Å². The van der Waals surface area contributed by atoms with E-state index in [9.17, 15) is 14.4 Å². The number of carbonyl (C=O) groups excluding carboxylic acids is 3. The molecule has 44 heavy (non-hydrogen) atoms. The van der Waals surface area contributed by atoms with Gasteiger partial charge in [-0.15, -0.1) is 0 Å². The van der Waals surface area contributed by atoms with Crippen molar-refractivity contribution in [3.8, 4) is 11.6 Å². The fraction of sp³-hybridized carbons (Fsp3) is 0.636. The molecule has 2 aliphatic heterocycles. The third-order valence-electron chi connectivity index (χ3n) is 9.36. The summed E-state index contributed by atoms with van der Waals surface area (Å²) in [5, 5.41) is 3.29. The highest BCUT2D eigenvalue weighted by atomic mass is 19.3. The van der Waals surface area contributed by atoms with Gasteiger partial charge in [-0.2, -0.15) is 0 Å². The lowest BCUT2D eigenvalue weighted by molar-refractivity contribution is -0.139. The SMILES string of the molecule is CCOc1ccc2cc3c(nc2c1)O[C@H]1CN(C(=O)[C@H](C(C)(C)C)NC(=O)O[C@]2(C)C[C@H]2CCCCC3(F)F)[C@H](C=O)[C@@H]1C. The minimum atomic E-state index is -3.25. The van der Waals surface area contributed by atoms with Crippen LogP contribution in [0, 0.1) is 17.3 Å². The number of ether oxygens (including phenoxy) is 3. The number of amides is 2. The number of benzene rings is 1. The van der Waals surface area contributed by atoms with Crippen LogP contribution in [0.25, 0.3) is 10.9 Å². The molecule has 2 fully saturated rings. The van der Waals surface area contributed by atoms with E-state index >= 15 is 8.78 Å². The van der Waals surface area contributed by atoms with Gasteiger partial charge in [0.2, 0.25) is 11.8 Å². The molecule has 2 amide bonds. The molecule has 3 heterocycles. The summed E-state index contributed by atoms with van der Waals surface area (Å²) in [4.78, 5) is 45.3. The summed E-state index contributed by atoms with van der Waals surface area (Å²) in [5.74, 6) is -3.88. The van der Waals surface area contributed by atoms with Gasteiger partial charge < -0.3 is 29.2 Å². The van der Waals surface area contributed by atoms with E-state index in [4.69, 9.17) is 14.2 Å². The molecule has 11 heteroatoms. The molecule has 0 unspecified atom stereocenters. The van der Waals surface area contributed by atoms with Crippen molar-refractivity contribution in [2.24, 2.45) is 17.3 Å². The van der Waals surface area contributed by atoms with Crippen molar-refractivity contribution in [2.45, 2.75) is 103 Å². The smallest absolute Gasteiger partial charge is 0.408 e. The number of nitrogens with zero attached hydrogens (tertiary/aromatic N) is 2. The number of rotatable bonds is 3. The van der Waals surface area contributed by atoms with E-state index in [0.29, 0.717) is 48.8 Å². The first-order valence-electron chi connectivity index (χ1n) is 15.5. The number of alkyl carbamates (subject to hydrolysis) is 1. The lowest BCUT2D eigenvalue weighted by Crippen LogP contribution is -2.56. The van der Waals surface area contributed by atoms with E-state index in [1.165, 1.54) is 11.0 Å². The van der Waals surface area contributed by atoms with Gasteiger partial charge in [0.25, 0.3) is 5.92 Å². The second-order valence-corrected chi connectivity index (χ2v) is 13.8. The van der Waals surface area contributed by atoms with Crippen LogP contribution in [0.3, 0.4) is 0 Å². The maximum absolute atomic E-state index is 16.0. The van der Waals surface area contributed by atoms with Crippen LogP contribution in [0.4, 0.5) is 13.6 Å². The molecule has 1 saturated carbocycles. The standard InChI is InChI=1S/C33H43F2N3O6/c1-7-42-22-12-11-20-14-23-28(36-24(20)15-22)43-26-17-38(25(18-39)19(26)2)29(40)27(31(3,4)5)37-30(41)44-32(6)16-21(32)10-8-9-13-33(23,34)35/h11-12,14-15,18-19,21,25-27H,7-10,13,16-17H2,1-6H3,(H,37,41)/t19-,21+,25+,26-,27+,32+/m0/s1.